The van der Waals surface area contributed by atoms with E-state index < -0.39 is 0 Å². The lowest BCUT2D eigenvalue weighted by atomic mass is 10.0. The molecule has 0 radical (unpaired) electrons. The van der Waals surface area contributed by atoms with Crippen LogP contribution in [0.2, 0.25) is 0 Å². The van der Waals surface area contributed by atoms with Crippen LogP contribution in [0, 0.1) is 0 Å². The van der Waals surface area contributed by atoms with Crippen molar-refractivity contribution < 1.29 is 4.74 Å². The highest BCUT2D eigenvalue weighted by Gasteiger charge is 2.23. The van der Waals surface area contributed by atoms with Crippen molar-refractivity contribution in [2.45, 2.75) is 57.6 Å². The number of hydrogen-bond acceptors (Lipinski definition) is 6. The van der Waals surface area contributed by atoms with Crippen molar-refractivity contribution in [3.05, 3.63) is 10.6 Å². The van der Waals surface area contributed by atoms with Crippen LogP contribution in [0.5, 0.6) is 0 Å². The summed E-state index contributed by atoms with van der Waals surface area (Å²) in [6, 6.07) is 0.145. The number of nitrogens with one attached hydrogen (secondary N) is 1. The average molecular weight is 270 g/mol. The molecule has 5 nitrogen and oxygen atoms in total. The minimum atomic E-state index is 0.145. The number of ether oxygens (including phenoxy) is 1. The Bertz CT molecular complexity index is 363. The first kappa shape index (κ1) is 13.9. The maximum absolute atomic E-state index is 5.68. The van der Waals surface area contributed by atoms with Crippen LogP contribution >= 0.6 is 11.5 Å². The molecule has 2 unspecified atom stereocenters. The van der Waals surface area contributed by atoms with Gasteiger partial charge in [-0.25, -0.2) is 0 Å². The van der Waals surface area contributed by atoms with Crippen molar-refractivity contribution in [3.63, 3.8) is 0 Å². The van der Waals surface area contributed by atoms with Crippen LogP contribution in [-0.2, 0) is 4.74 Å². The lowest BCUT2D eigenvalue weighted by Gasteiger charge is -2.18. The van der Waals surface area contributed by atoms with Crippen molar-refractivity contribution in [1.29, 1.82) is 0 Å². The highest BCUT2D eigenvalue weighted by molar-refractivity contribution is 7.05. The zero-order chi connectivity index (χ0) is 13.0. The zero-order valence-electron chi connectivity index (χ0n) is 11.1. The normalized spacial score (nSPS) is 21.7. The molecule has 0 spiro atoms. The zero-order valence-corrected chi connectivity index (χ0v) is 11.9. The molecule has 1 fully saturated rings. The van der Waals surface area contributed by atoms with E-state index in [1.165, 1.54) is 29.3 Å². The van der Waals surface area contributed by atoms with Gasteiger partial charge in [0.25, 0.3) is 0 Å². The van der Waals surface area contributed by atoms with Gasteiger partial charge < -0.3 is 4.74 Å². The standard InChI is InChI=1S/C12H22N4OS/c1-8(2)11-12(18-16-15-11)10(14-13)6-5-9-4-3-7-17-9/h8-10,14H,3-7,13H2,1-2H3. The fraction of sp³-hybridized carbons (Fsp3) is 0.833. The summed E-state index contributed by atoms with van der Waals surface area (Å²) in [7, 11) is 0. The van der Waals surface area contributed by atoms with E-state index in [2.05, 4.69) is 28.9 Å². The molecular formula is C12H22N4OS. The SMILES string of the molecule is CC(C)c1nnsc1C(CCC1CCCO1)NN. The number of hydrogen-bond donors (Lipinski definition) is 2. The van der Waals surface area contributed by atoms with E-state index in [1.807, 2.05) is 0 Å². The van der Waals surface area contributed by atoms with Crippen molar-refractivity contribution >= 4 is 11.5 Å². The topological polar surface area (TPSA) is 73.1 Å². The van der Waals surface area contributed by atoms with Gasteiger partial charge in [0, 0.05) is 6.61 Å². The summed E-state index contributed by atoms with van der Waals surface area (Å²) in [5.74, 6) is 6.06. The minimum Gasteiger partial charge on any atom is -0.378 e. The molecule has 0 saturated carbocycles. The Hall–Kier alpha value is -0.560. The molecule has 1 saturated heterocycles. The maximum atomic E-state index is 5.68. The first-order valence-electron chi connectivity index (χ1n) is 6.62. The second kappa shape index (κ2) is 6.56. The van der Waals surface area contributed by atoms with Gasteiger partial charge in [0.05, 0.1) is 22.7 Å². The van der Waals surface area contributed by atoms with Crippen molar-refractivity contribution in [3.8, 4) is 0 Å². The molecule has 1 aliphatic rings. The molecular weight excluding hydrogens is 248 g/mol. The molecule has 1 aromatic rings. The summed E-state index contributed by atoms with van der Waals surface area (Å²) in [5, 5.41) is 4.21. The molecule has 18 heavy (non-hydrogen) atoms. The van der Waals surface area contributed by atoms with E-state index in [-0.39, 0.29) is 6.04 Å². The fourth-order valence-electron chi connectivity index (χ4n) is 2.36. The number of nitrogens with two attached hydrogens (primary N) is 1. The van der Waals surface area contributed by atoms with Crippen molar-refractivity contribution in [1.82, 2.24) is 15.0 Å². The van der Waals surface area contributed by atoms with Gasteiger partial charge in [0.15, 0.2) is 0 Å². The molecule has 0 aliphatic carbocycles. The summed E-state index contributed by atoms with van der Waals surface area (Å²) < 4.78 is 9.70. The summed E-state index contributed by atoms with van der Waals surface area (Å²) in [6.45, 7) is 5.17. The number of aromatic nitrogens is 2. The van der Waals surface area contributed by atoms with E-state index in [0.29, 0.717) is 12.0 Å². The molecule has 0 aromatic carbocycles. The summed E-state index contributed by atoms with van der Waals surface area (Å²) in [4.78, 5) is 1.17. The lowest BCUT2D eigenvalue weighted by molar-refractivity contribution is 0.0996. The minimum absolute atomic E-state index is 0.145. The predicted molar refractivity (Wildman–Crippen MR) is 72.3 cm³/mol. The predicted octanol–water partition coefficient (Wildman–Crippen LogP) is 2.13. The Kier molecular flexibility index (Phi) is 5.05. The highest BCUT2D eigenvalue weighted by Crippen LogP contribution is 2.30. The van der Waals surface area contributed by atoms with Crippen molar-refractivity contribution in [2.75, 3.05) is 6.61 Å². The quantitative estimate of drug-likeness (QED) is 0.612. The molecule has 6 heteroatoms. The first-order chi connectivity index (χ1) is 8.72. The molecule has 2 atom stereocenters. The van der Waals surface area contributed by atoms with Gasteiger partial charge in [-0.15, -0.1) is 5.10 Å². The Morgan fingerprint density at radius 3 is 3.00 bits per heavy atom. The van der Waals surface area contributed by atoms with Crippen LogP contribution in [0.25, 0.3) is 0 Å². The van der Waals surface area contributed by atoms with Crippen LogP contribution < -0.4 is 11.3 Å². The molecule has 1 aromatic heterocycles. The van der Waals surface area contributed by atoms with Crippen LogP contribution in [0.15, 0.2) is 0 Å². The van der Waals surface area contributed by atoms with E-state index in [1.54, 1.807) is 0 Å². The summed E-state index contributed by atoms with van der Waals surface area (Å²) in [5.41, 5.74) is 3.96. The van der Waals surface area contributed by atoms with Gasteiger partial charge in [-0.05, 0) is 43.1 Å². The fourth-order valence-corrected chi connectivity index (χ4v) is 3.26. The monoisotopic (exact) mass is 270 g/mol. The van der Waals surface area contributed by atoms with Crippen LogP contribution in [0.1, 0.15) is 62.1 Å². The Balaban J connectivity index is 1.96. The van der Waals surface area contributed by atoms with Gasteiger partial charge in [0.1, 0.15) is 0 Å². The van der Waals surface area contributed by atoms with Gasteiger partial charge in [-0.1, -0.05) is 18.3 Å². The van der Waals surface area contributed by atoms with E-state index in [9.17, 15) is 0 Å². The van der Waals surface area contributed by atoms with E-state index >= 15 is 0 Å². The molecule has 102 valence electrons. The third-order valence-electron chi connectivity index (χ3n) is 3.41. The van der Waals surface area contributed by atoms with Crippen LogP contribution in [0.4, 0.5) is 0 Å². The Morgan fingerprint density at radius 1 is 1.56 bits per heavy atom. The van der Waals surface area contributed by atoms with Gasteiger partial charge in [-0.2, -0.15) is 0 Å². The Morgan fingerprint density at radius 2 is 2.39 bits per heavy atom. The smallest absolute Gasteiger partial charge is 0.0829 e. The number of nitrogens with zero attached hydrogens (tertiary/aromatic N) is 2. The van der Waals surface area contributed by atoms with E-state index in [0.717, 1.165) is 25.1 Å². The van der Waals surface area contributed by atoms with Crippen LogP contribution in [0.3, 0.4) is 0 Å². The molecule has 2 heterocycles. The van der Waals surface area contributed by atoms with Gasteiger partial charge in [-0.3, -0.25) is 11.3 Å². The third kappa shape index (κ3) is 3.26. The van der Waals surface area contributed by atoms with Gasteiger partial charge >= 0.3 is 0 Å². The Labute approximate surface area is 112 Å². The second-order valence-corrected chi connectivity index (χ2v) is 5.89. The second-order valence-electron chi connectivity index (χ2n) is 5.11. The molecule has 2 rings (SSSR count). The van der Waals surface area contributed by atoms with Crippen LogP contribution in [-0.4, -0.2) is 22.3 Å². The van der Waals surface area contributed by atoms with E-state index in [4.69, 9.17) is 10.6 Å². The van der Waals surface area contributed by atoms with Crippen molar-refractivity contribution in [2.24, 2.45) is 5.84 Å². The highest BCUT2D eigenvalue weighted by atomic mass is 32.1. The van der Waals surface area contributed by atoms with Gasteiger partial charge in [0.2, 0.25) is 0 Å². The third-order valence-corrected chi connectivity index (χ3v) is 4.26. The molecule has 0 amide bonds. The number of rotatable bonds is 6. The first-order valence-corrected chi connectivity index (χ1v) is 7.39. The maximum Gasteiger partial charge on any atom is 0.0829 e. The largest absolute Gasteiger partial charge is 0.378 e. The lowest BCUT2D eigenvalue weighted by Crippen LogP contribution is -2.29. The molecule has 0 bridgehead atoms. The summed E-state index contributed by atoms with van der Waals surface area (Å²) in [6.07, 6.45) is 4.79. The molecule has 3 N–H and O–H groups in total. The number of hydrazine groups is 1. The average Bonchev–Trinajstić information content (AvgIpc) is 2.99. The summed E-state index contributed by atoms with van der Waals surface area (Å²) >= 11 is 1.45. The molecule has 1 aliphatic heterocycles.